The molecule has 1 amide bonds. The van der Waals surface area contributed by atoms with Crippen molar-refractivity contribution in [2.24, 2.45) is 0 Å². The molecule has 0 saturated carbocycles. The van der Waals surface area contributed by atoms with Crippen LogP contribution >= 0.6 is 27.5 Å². The second-order valence-electron chi connectivity index (χ2n) is 6.53. The number of halogens is 6. The summed E-state index contributed by atoms with van der Waals surface area (Å²) in [5, 5.41) is 1.71. The van der Waals surface area contributed by atoms with Crippen molar-refractivity contribution in [3.8, 4) is 11.5 Å². The molecule has 0 fully saturated rings. The Balaban J connectivity index is 1.76. The molecule has 1 N–H and O–H groups in total. The predicted molar refractivity (Wildman–Crippen MR) is 111 cm³/mol. The van der Waals surface area contributed by atoms with Crippen LogP contribution in [0.2, 0.25) is 5.02 Å². The highest BCUT2D eigenvalue weighted by Gasteiger charge is 2.21. The van der Waals surface area contributed by atoms with Crippen molar-refractivity contribution in [1.29, 1.82) is 0 Å². The first-order chi connectivity index (χ1) is 14.7. The van der Waals surface area contributed by atoms with E-state index in [1.54, 1.807) is 6.92 Å². The van der Waals surface area contributed by atoms with Crippen LogP contribution in [0.3, 0.4) is 0 Å². The lowest BCUT2D eigenvalue weighted by atomic mass is 10.1. The van der Waals surface area contributed by atoms with Crippen molar-refractivity contribution in [2.75, 3.05) is 5.32 Å². The molecule has 0 atom stereocenters. The van der Waals surface area contributed by atoms with Crippen molar-refractivity contribution < 1.29 is 26.8 Å². The van der Waals surface area contributed by atoms with Crippen molar-refractivity contribution in [2.45, 2.75) is 6.92 Å². The number of nitrogens with zero attached hydrogens (tertiary/aromatic N) is 1. The second-order valence-corrected chi connectivity index (χ2v) is 7.76. The molecule has 10 heteroatoms. The average molecular weight is 514 g/mol. The molecule has 0 aliphatic rings. The normalized spacial score (nSPS) is 11.2. The molecule has 0 aliphatic heterocycles. The molecule has 1 aromatic heterocycles. The van der Waals surface area contributed by atoms with E-state index in [2.05, 4.69) is 26.2 Å². The average Bonchev–Trinajstić information content (AvgIpc) is 3.16. The first-order valence-electron chi connectivity index (χ1n) is 8.67. The van der Waals surface area contributed by atoms with Crippen LogP contribution in [0.4, 0.5) is 23.2 Å². The van der Waals surface area contributed by atoms with Gasteiger partial charge in [-0.3, -0.25) is 4.79 Å². The Kier molecular flexibility index (Phi) is 5.49. The zero-order valence-corrected chi connectivity index (χ0v) is 17.8. The van der Waals surface area contributed by atoms with E-state index in [4.69, 9.17) is 16.0 Å². The molecule has 0 radical (unpaired) electrons. The lowest BCUT2D eigenvalue weighted by Gasteiger charge is -2.12. The first kappa shape index (κ1) is 21.3. The Morgan fingerprint density at radius 1 is 1.10 bits per heavy atom. The van der Waals surface area contributed by atoms with Crippen molar-refractivity contribution in [1.82, 2.24) is 4.98 Å². The smallest absolute Gasteiger partial charge is 0.257 e. The summed E-state index contributed by atoms with van der Waals surface area (Å²) in [5.41, 5.74) is 0.299. The number of hydrogen-bond donors (Lipinski definition) is 1. The van der Waals surface area contributed by atoms with E-state index < -0.39 is 34.2 Å². The number of fused-ring (bicyclic) bond motifs is 1. The lowest BCUT2D eigenvalue weighted by Crippen LogP contribution is -2.14. The van der Waals surface area contributed by atoms with Crippen LogP contribution in [0.1, 0.15) is 15.9 Å². The molecule has 4 nitrogen and oxygen atoms in total. The third-order valence-corrected chi connectivity index (χ3v) is 5.56. The van der Waals surface area contributed by atoms with Crippen LogP contribution < -0.4 is 5.32 Å². The summed E-state index contributed by atoms with van der Waals surface area (Å²) in [6.45, 7) is 1.55. The summed E-state index contributed by atoms with van der Waals surface area (Å²) in [5.74, 6) is -4.90. The van der Waals surface area contributed by atoms with E-state index in [9.17, 15) is 22.4 Å². The van der Waals surface area contributed by atoms with Crippen molar-refractivity contribution >= 4 is 50.2 Å². The summed E-state index contributed by atoms with van der Waals surface area (Å²) in [6, 6.07) is 6.86. The minimum atomic E-state index is -1.37. The summed E-state index contributed by atoms with van der Waals surface area (Å²) in [6.07, 6.45) is 0. The van der Waals surface area contributed by atoms with E-state index in [1.807, 2.05) is 0 Å². The van der Waals surface area contributed by atoms with E-state index in [-0.39, 0.29) is 38.3 Å². The summed E-state index contributed by atoms with van der Waals surface area (Å²) >= 11 is 8.78. The van der Waals surface area contributed by atoms with Crippen LogP contribution in [-0.2, 0) is 0 Å². The second kappa shape index (κ2) is 7.97. The maximum absolute atomic E-state index is 14.3. The van der Waals surface area contributed by atoms with Crippen LogP contribution in [0.15, 0.2) is 45.3 Å². The van der Waals surface area contributed by atoms with Crippen LogP contribution in [-0.4, -0.2) is 10.9 Å². The number of nitrogens with one attached hydrogen (secondary N) is 1. The molecule has 31 heavy (non-hydrogen) atoms. The summed E-state index contributed by atoms with van der Waals surface area (Å²) in [7, 11) is 0. The van der Waals surface area contributed by atoms with Gasteiger partial charge in [-0.1, -0.05) is 11.6 Å². The number of carbonyl (C=O) groups is 1. The largest absolute Gasteiger partial charge is 0.436 e. The fourth-order valence-corrected chi connectivity index (χ4v) is 3.53. The molecule has 0 bridgehead atoms. The fraction of sp³-hybridized carbons (Fsp3) is 0.0476. The van der Waals surface area contributed by atoms with Gasteiger partial charge in [0.05, 0.1) is 15.1 Å². The van der Waals surface area contributed by atoms with Crippen LogP contribution in [0.5, 0.6) is 0 Å². The maximum Gasteiger partial charge on any atom is 0.257 e. The standard InChI is InChI=1S/C21H10BrClF4N2O2/c1-8-11(21-29-19-15(31-21)5-3-12(22)17(19)26)6-9(24)7-14(8)28-20(30)10-2-4-13(25)18(27)16(10)23/h2-7H,1H3,(H,28,30). The van der Waals surface area contributed by atoms with Gasteiger partial charge in [-0.15, -0.1) is 0 Å². The van der Waals surface area contributed by atoms with Crippen LogP contribution in [0.25, 0.3) is 22.6 Å². The lowest BCUT2D eigenvalue weighted by molar-refractivity contribution is 0.102. The van der Waals surface area contributed by atoms with Crippen molar-refractivity contribution in [3.05, 3.63) is 80.3 Å². The molecule has 0 saturated heterocycles. The number of carbonyl (C=O) groups excluding carboxylic acids is 1. The predicted octanol–water partition coefficient (Wildman–Crippen LogP) is 7.03. The molecular formula is C21H10BrClF4N2O2. The van der Waals surface area contributed by atoms with Gasteiger partial charge in [0.15, 0.2) is 23.0 Å². The van der Waals surface area contributed by atoms with E-state index in [0.29, 0.717) is 5.56 Å². The van der Waals surface area contributed by atoms with E-state index in [1.165, 1.54) is 12.1 Å². The van der Waals surface area contributed by atoms with Gasteiger partial charge in [-0.25, -0.2) is 22.5 Å². The molecule has 1 heterocycles. The molecule has 4 rings (SSSR count). The SMILES string of the molecule is Cc1c(NC(=O)c2ccc(F)c(F)c2Cl)cc(F)cc1-c1nc2c(F)c(Br)ccc2o1. The highest BCUT2D eigenvalue weighted by molar-refractivity contribution is 9.10. The minimum Gasteiger partial charge on any atom is -0.436 e. The molecular weight excluding hydrogens is 504 g/mol. The van der Waals surface area contributed by atoms with E-state index >= 15 is 0 Å². The quantitative estimate of drug-likeness (QED) is 0.236. The number of anilines is 1. The Hall–Kier alpha value is -2.91. The monoisotopic (exact) mass is 512 g/mol. The Bertz CT molecular complexity index is 1370. The molecule has 0 unspecified atom stereocenters. The third kappa shape index (κ3) is 3.79. The third-order valence-electron chi connectivity index (χ3n) is 4.58. The van der Waals surface area contributed by atoms with Gasteiger partial charge in [-0.2, -0.15) is 0 Å². The Morgan fingerprint density at radius 2 is 1.84 bits per heavy atom. The number of amides is 1. The maximum atomic E-state index is 14.3. The number of benzene rings is 3. The summed E-state index contributed by atoms with van der Waals surface area (Å²) in [4.78, 5) is 16.6. The highest BCUT2D eigenvalue weighted by Crippen LogP contribution is 2.34. The van der Waals surface area contributed by atoms with Gasteiger partial charge in [-0.05, 0) is 64.8 Å². The van der Waals surface area contributed by atoms with Gasteiger partial charge in [0.25, 0.3) is 5.91 Å². The number of hydrogen-bond acceptors (Lipinski definition) is 3. The topological polar surface area (TPSA) is 55.1 Å². The zero-order valence-electron chi connectivity index (χ0n) is 15.5. The number of oxazole rings is 1. The fourth-order valence-electron chi connectivity index (χ4n) is 2.97. The first-order valence-corrected chi connectivity index (χ1v) is 9.84. The molecule has 3 aromatic carbocycles. The van der Waals surface area contributed by atoms with Gasteiger partial charge < -0.3 is 9.73 Å². The number of aromatic nitrogens is 1. The number of rotatable bonds is 3. The highest BCUT2D eigenvalue weighted by atomic mass is 79.9. The van der Waals surface area contributed by atoms with E-state index in [0.717, 1.165) is 24.3 Å². The molecule has 158 valence electrons. The van der Waals surface area contributed by atoms with Gasteiger partial charge in [0.2, 0.25) is 5.89 Å². The molecule has 0 spiro atoms. The minimum absolute atomic E-state index is 0.0182. The van der Waals surface area contributed by atoms with Gasteiger partial charge in [0.1, 0.15) is 11.3 Å². The summed E-state index contributed by atoms with van der Waals surface area (Å²) < 4.78 is 61.3. The van der Waals surface area contributed by atoms with Crippen LogP contribution in [0, 0.1) is 30.2 Å². The zero-order chi connectivity index (χ0) is 22.4. The van der Waals surface area contributed by atoms with Crippen molar-refractivity contribution in [3.63, 3.8) is 0 Å². The Morgan fingerprint density at radius 3 is 2.58 bits per heavy atom. The molecule has 4 aromatic rings. The van der Waals surface area contributed by atoms with Gasteiger partial charge in [0, 0.05) is 11.3 Å². The van der Waals surface area contributed by atoms with Gasteiger partial charge >= 0.3 is 0 Å². The molecule has 0 aliphatic carbocycles. The Labute approximate surface area is 186 Å².